The number of rotatable bonds is 7. The molecule has 0 aromatic carbocycles. The molecule has 0 atom stereocenters. The Hall–Kier alpha value is -1.92. The summed E-state index contributed by atoms with van der Waals surface area (Å²) in [5.41, 5.74) is 1.21. The van der Waals surface area contributed by atoms with Gasteiger partial charge in [-0.2, -0.15) is 16.4 Å². The molecule has 2 rings (SSSR count). The maximum atomic E-state index is 12.0. The molecule has 0 aliphatic carbocycles. The van der Waals surface area contributed by atoms with Crippen LogP contribution >= 0.6 is 11.3 Å². The summed E-state index contributed by atoms with van der Waals surface area (Å²) in [7, 11) is 1.82. The van der Waals surface area contributed by atoms with Gasteiger partial charge in [-0.1, -0.05) is 6.08 Å². The lowest BCUT2D eigenvalue weighted by Gasteiger charge is -2.19. The van der Waals surface area contributed by atoms with Crippen molar-refractivity contribution in [3.63, 3.8) is 0 Å². The summed E-state index contributed by atoms with van der Waals surface area (Å²) in [6.07, 6.45) is 3.60. The first-order chi connectivity index (χ1) is 9.67. The quantitative estimate of drug-likeness (QED) is 0.795. The maximum Gasteiger partial charge on any atom is 0.239 e. The van der Waals surface area contributed by atoms with E-state index < -0.39 is 0 Å². The van der Waals surface area contributed by atoms with Gasteiger partial charge in [-0.05, 0) is 22.4 Å². The van der Waals surface area contributed by atoms with Crippen molar-refractivity contribution in [2.45, 2.75) is 6.54 Å². The number of nitrogens with one attached hydrogen (secondary N) is 1. The van der Waals surface area contributed by atoms with Crippen molar-refractivity contribution in [2.24, 2.45) is 7.05 Å². The minimum atomic E-state index is -0.0687. The van der Waals surface area contributed by atoms with Crippen molar-refractivity contribution in [2.75, 3.05) is 18.4 Å². The molecule has 0 aliphatic heterocycles. The minimum absolute atomic E-state index is 0.0687. The van der Waals surface area contributed by atoms with E-state index >= 15 is 0 Å². The first kappa shape index (κ1) is 14.5. The van der Waals surface area contributed by atoms with Gasteiger partial charge in [-0.3, -0.25) is 14.4 Å². The molecular weight excluding hydrogens is 272 g/mol. The van der Waals surface area contributed by atoms with E-state index in [1.54, 1.807) is 34.4 Å². The van der Waals surface area contributed by atoms with Gasteiger partial charge in [0.2, 0.25) is 5.91 Å². The largest absolute Gasteiger partial charge is 0.308 e. The van der Waals surface area contributed by atoms with Crippen molar-refractivity contribution >= 4 is 23.1 Å². The van der Waals surface area contributed by atoms with Crippen LogP contribution in [0.3, 0.4) is 0 Å². The molecular formula is C14H18N4OS. The number of nitrogens with zero attached hydrogens (tertiary/aromatic N) is 3. The highest BCUT2D eigenvalue weighted by molar-refractivity contribution is 7.07. The number of carbonyl (C=O) groups is 1. The lowest BCUT2D eigenvalue weighted by molar-refractivity contribution is -0.117. The van der Waals surface area contributed by atoms with E-state index in [0.717, 1.165) is 6.54 Å². The third-order valence-corrected chi connectivity index (χ3v) is 3.45. The Bertz CT molecular complexity index is 562. The van der Waals surface area contributed by atoms with E-state index in [1.807, 2.05) is 17.3 Å². The number of aromatic nitrogens is 2. The highest BCUT2D eigenvalue weighted by Gasteiger charge is 2.11. The van der Waals surface area contributed by atoms with Gasteiger partial charge in [0.25, 0.3) is 0 Å². The van der Waals surface area contributed by atoms with Gasteiger partial charge in [-0.25, -0.2) is 0 Å². The molecule has 2 aromatic rings. The molecule has 0 spiro atoms. The van der Waals surface area contributed by atoms with Crippen LogP contribution in [0.2, 0.25) is 0 Å². The van der Waals surface area contributed by atoms with Gasteiger partial charge >= 0.3 is 0 Å². The summed E-state index contributed by atoms with van der Waals surface area (Å²) in [6, 6.07) is 3.84. The molecule has 20 heavy (non-hydrogen) atoms. The molecule has 0 aliphatic rings. The topological polar surface area (TPSA) is 50.2 Å². The van der Waals surface area contributed by atoms with Gasteiger partial charge in [0.15, 0.2) is 5.82 Å². The fraction of sp³-hybridized carbons (Fsp3) is 0.286. The second kappa shape index (κ2) is 7.02. The Morgan fingerprint density at radius 2 is 2.45 bits per heavy atom. The monoisotopic (exact) mass is 290 g/mol. The van der Waals surface area contributed by atoms with Crippen molar-refractivity contribution in [1.82, 2.24) is 14.7 Å². The van der Waals surface area contributed by atoms with Crippen LogP contribution in [0.1, 0.15) is 5.56 Å². The Labute approximate surface area is 122 Å². The zero-order chi connectivity index (χ0) is 14.4. The standard InChI is InChI=1S/C14H18N4OS/c1-3-6-18(9-12-5-8-20-11-12)10-14(19)15-13-4-7-17(2)16-13/h3-5,7-8,11H,1,6,9-10H2,2H3,(H,15,16,19). The smallest absolute Gasteiger partial charge is 0.239 e. The Morgan fingerprint density at radius 3 is 3.05 bits per heavy atom. The fourth-order valence-electron chi connectivity index (χ4n) is 1.88. The van der Waals surface area contributed by atoms with Crippen LogP contribution in [0.5, 0.6) is 0 Å². The number of thiophene rings is 1. The number of hydrogen-bond donors (Lipinski definition) is 1. The Kier molecular flexibility index (Phi) is 5.09. The minimum Gasteiger partial charge on any atom is -0.308 e. The van der Waals surface area contributed by atoms with Gasteiger partial charge < -0.3 is 5.32 Å². The third kappa shape index (κ3) is 4.32. The molecule has 1 amide bonds. The number of aryl methyl sites for hydroxylation is 1. The van der Waals surface area contributed by atoms with Crippen LogP contribution in [0, 0.1) is 0 Å². The van der Waals surface area contributed by atoms with E-state index in [2.05, 4.69) is 28.4 Å². The van der Waals surface area contributed by atoms with Crippen molar-refractivity contribution in [3.05, 3.63) is 47.3 Å². The van der Waals surface area contributed by atoms with Crippen LogP contribution in [0.15, 0.2) is 41.7 Å². The SMILES string of the molecule is C=CCN(CC(=O)Nc1ccn(C)n1)Cc1ccsc1. The molecule has 106 valence electrons. The normalized spacial score (nSPS) is 10.7. The van der Waals surface area contributed by atoms with Crippen LogP contribution in [0.25, 0.3) is 0 Å². The number of anilines is 1. The first-order valence-electron chi connectivity index (χ1n) is 6.31. The average molecular weight is 290 g/mol. The van der Waals surface area contributed by atoms with E-state index in [1.165, 1.54) is 5.56 Å². The summed E-state index contributed by atoms with van der Waals surface area (Å²) in [6.45, 7) is 5.47. The molecule has 0 saturated heterocycles. The summed E-state index contributed by atoms with van der Waals surface area (Å²) in [5.74, 6) is 0.507. The highest BCUT2D eigenvalue weighted by Crippen LogP contribution is 2.09. The molecule has 2 heterocycles. The first-order valence-corrected chi connectivity index (χ1v) is 7.25. The van der Waals surface area contributed by atoms with Crippen molar-refractivity contribution < 1.29 is 4.79 Å². The van der Waals surface area contributed by atoms with Crippen LogP contribution in [-0.2, 0) is 18.4 Å². The lowest BCUT2D eigenvalue weighted by atomic mass is 10.3. The number of carbonyl (C=O) groups excluding carboxylic acids is 1. The molecule has 0 saturated carbocycles. The molecule has 6 heteroatoms. The summed E-state index contributed by atoms with van der Waals surface area (Å²) in [4.78, 5) is 14.0. The number of hydrogen-bond acceptors (Lipinski definition) is 4. The molecule has 0 radical (unpaired) electrons. The van der Waals surface area contributed by atoms with Gasteiger partial charge in [0.05, 0.1) is 6.54 Å². The average Bonchev–Trinajstić information content (AvgIpc) is 3.01. The maximum absolute atomic E-state index is 12.0. The molecule has 0 fully saturated rings. The highest BCUT2D eigenvalue weighted by atomic mass is 32.1. The van der Waals surface area contributed by atoms with E-state index in [4.69, 9.17) is 0 Å². The van der Waals surface area contributed by atoms with E-state index in [0.29, 0.717) is 18.9 Å². The molecule has 1 N–H and O–H groups in total. The summed E-state index contributed by atoms with van der Waals surface area (Å²) >= 11 is 1.66. The molecule has 2 aromatic heterocycles. The zero-order valence-corrected chi connectivity index (χ0v) is 12.3. The summed E-state index contributed by atoms with van der Waals surface area (Å²) in [5, 5.41) is 11.0. The van der Waals surface area contributed by atoms with Gasteiger partial charge in [0, 0.05) is 32.4 Å². The summed E-state index contributed by atoms with van der Waals surface area (Å²) < 4.78 is 1.66. The molecule has 0 bridgehead atoms. The fourth-order valence-corrected chi connectivity index (χ4v) is 2.54. The van der Waals surface area contributed by atoms with Crippen LogP contribution in [0.4, 0.5) is 5.82 Å². The second-order valence-corrected chi connectivity index (χ2v) is 5.29. The van der Waals surface area contributed by atoms with Gasteiger partial charge in [-0.15, -0.1) is 6.58 Å². The molecule has 0 unspecified atom stereocenters. The lowest BCUT2D eigenvalue weighted by Crippen LogP contribution is -2.33. The van der Waals surface area contributed by atoms with E-state index in [-0.39, 0.29) is 5.91 Å². The number of amides is 1. The van der Waals surface area contributed by atoms with Gasteiger partial charge in [0.1, 0.15) is 0 Å². The Balaban J connectivity index is 1.90. The molecule has 5 nitrogen and oxygen atoms in total. The zero-order valence-electron chi connectivity index (χ0n) is 11.5. The van der Waals surface area contributed by atoms with Crippen molar-refractivity contribution in [3.8, 4) is 0 Å². The third-order valence-electron chi connectivity index (χ3n) is 2.72. The predicted molar refractivity (Wildman–Crippen MR) is 81.6 cm³/mol. The van der Waals surface area contributed by atoms with Crippen molar-refractivity contribution in [1.29, 1.82) is 0 Å². The Morgan fingerprint density at radius 1 is 1.60 bits per heavy atom. The van der Waals surface area contributed by atoms with E-state index in [9.17, 15) is 4.79 Å². The second-order valence-electron chi connectivity index (χ2n) is 4.51. The van der Waals surface area contributed by atoms with Crippen LogP contribution < -0.4 is 5.32 Å². The van der Waals surface area contributed by atoms with Crippen LogP contribution in [-0.4, -0.2) is 33.7 Å². The predicted octanol–water partition coefficient (Wildman–Crippen LogP) is 2.11.